The third-order valence-electron chi connectivity index (χ3n) is 3.94. The number of fused-ring (bicyclic) bond motifs is 1. The first-order valence-corrected chi connectivity index (χ1v) is 8.63. The van der Waals surface area contributed by atoms with Crippen molar-refractivity contribution in [3.8, 4) is 0 Å². The van der Waals surface area contributed by atoms with Crippen LogP contribution in [0.1, 0.15) is 26.7 Å². The number of carbonyl (C=O) groups is 1. The van der Waals surface area contributed by atoms with Crippen molar-refractivity contribution in [1.82, 2.24) is 9.55 Å². The molecule has 1 aliphatic carbocycles. The zero-order valence-corrected chi connectivity index (χ0v) is 13.5. The lowest BCUT2D eigenvalue weighted by molar-refractivity contribution is -0.133. The lowest BCUT2D eigenvalue weighted by atomic mass is 9.98. The van der Waals surface area contributed by atoms with Crippen molar-refractivity contribution in [1.29, 1.82) is 0 Å². The van der Waals surface area contributed by atoms with Crippen LogP contribution in [0.5, 0.6) is 0 Å². The number of carboxylic acid groups (broad SMARTS) is 1. The molecule has 0 aliphatic heterocycles. The molecule has 2 heterocycles. The zero-order chi connectivity index (χ0) is 15.2. The fourth-order valence-electron chi connectivity index (χ4n) is 2.60. The van der Waals surface area contributed by atoms with E-state index in [1.165, 1.54) is 11.3 Å². The van der Waals surface area contributed by atoms with Crippen molar-refractivity contribution >= 4 is 39.3 Å². The van der Waals surface area contributed by atoms with Gasteiger partial charge in [0.15, 0.2) is 5.16 Å². The van der Waals surface area contributed by atoms with Crippen molar-refractivity contribution < 1.29 is 9.90 Å². The lowest BCUT2D eigenvalue weighted by Gasteiger charge is -2.29. The molecule has 1 N–H and O–H groups in total. The Balaban J connectivity index is 2.17. The summed E-state index contributed by atoms with van der Waals surface area (Å²) in [6, 6.07) is 1.79. The lowest BCUT2D eigenvalue weighted by Crippen LogP contribution is -2.39. The molecule has 0 aromatic carbocycles. The summed E-state index contributed by atoms with van der Waals surface area (Å²) >= 11 is 2.53. The van der Waals surface area contributed by atoms with E-state index in [1.54, 1.807) is 10.6 Å². The molecule has 7 heteroatoms. The van der Waals surface area contributed by atoms with Gasteiger partial charge in [-0.15, -0.1) is 11.3 Å². The van der Waals surface area contributed by atoms with E-state index in [9.17, 15) is 9.59 Å². The van der Waals surface area contributed by atoms with Crippen LogP contribution in [0.15, 0.2) is 21.4 Å². The first-order chi connectivity index (χ1) is 9.91. The van der Waals surface area contributed by atoms with Crippen LogP contribution < -0.4 is 5.56 Å². The Morgan fingerprint density at radius 1 is 1.57 bits per heavy atom. The van der Waals surface area contributed by atoms with Crippen LogP contribution >= 0.6 is 23.1 Å². The molecule has 2 aromatic rings. The number of rotatable bonds is 5. The smallest absolute Gasteiger partial charge is 0.313 e. The molecule has 2 aromatic heterocycles. The van der Waals surface area contributed by atoms with Gasteiger partial charge in [-0.25, -0.2) is 4.98 Å². The van der Waals surface area contributed by atoms with E-state index < -0.39 is 5.97 Å². The zero-order valence-electron chi connectivity index (χ0n) is 11.8. The van der Waals surface area contributed by atoms with Crippen molar-refractivity contribution in [2.75, 3.05) is 5.75 Å². The van der Waals surface area contributed by atoms with E-state index in [2.05, 4.69) is 4.98 Å². The number of aliphatic carboxylic acids is 1. The highest BCUT2D eigenvalue weighted by Gasteiger charge is 2.41. The first kappa shape index (κ1) is 14.6. The molecule has 1 aliphatic rings. The maximum atomic E-state index is 12.8. The highest BCUT2D eigenvalue weighted by Crippen LogP contribution is 2.44. The molecular weight excluding hydrogens is 308 g/mol. The number of thioether (sulfide) groups is 1. The summed E-state index contributed by atoms with van der Waals surface area (Å²) in [6.07, 6.45) is 2.20. The molecular formula is C14H16N2O3S2. The van der Waals surface area contributed by atoms with Gasteiger partial charge in [0, 0.05) is 5.54 Å². The van der Waals surface area contributed by atoms with E-state index in [1.807, 2.05) is 19.2 Å². The average molecular weight is 324 g/mol. The Kier molecular flexibility index (Phi) is 3.57. The molecule has 0 amide bonds. The summed E-state index contributed by atoms with van der Waals surface area (Å²) in [5, 5.41) is 11.9. The van der Waals surface area contributed by atoms with Crippen LogP contribution in [0.4, 0.5) is 0 Å². The van der Waals surface area contributed by atoms with Crippen molar-refractivity contribution in [2.45, 2.75) is 37.4 Å². The molecule has 1 saturated carbocycles. The summed E-state index contributed by atoms with van der Waals surface area (Å²) in [5.41, 5.74) is -0.396. The molecule has 0 unspecified atom stereocenters. The van der Waals surface area contributed by atoms with Crippen LogP contribution in [0.25, 0.3) is 10.2 Å². The molecule has 21 heavy (non-hydrogen) atoms. The normalized spacial score (nSPS) is 15.5. The quantitative estimate of drug-likeness (QED) is 0.676. The van der Waals surface area contributed by atoms with Crippen molar-refractivity contribution in [3.63, 3.8) is 0 Å². The Bertz CT molecular complexity index is 759. The van der Waals surface area contributed by atoms with Crippen LogP contribution in [0, 0.1) is 5.92 Å². The van der Waals surface area contributed by atoms with Gasteiger partial charge in [-0.3, -0.25) is 14.2 Å². The molecule has 0 radical (unpaired) electrons. The summed E-state index contributed by atoms with van der Waals surface area (Å²) in [6.45, 7) is 4.08. The Hall–Kier alpha value is -1.34. The summed E-state index contributed by atoms with van der Waals surface area (Å²) in [5.74, 6) is -0.544. The van der Waals surface area contributed by atoms with Gasteiger partial charge in [0.1, 0.15) is 4.83 Å². The van der Waals surface area contributed by atoms with E-state index in [0.717, 1.165) is 24.6 Å². The van der Waals surface area contributed by atoms with Gasteiger partial charge in [-0.1, -0.05) is 11.8 Å². The molecule has 0 bridgehead atoms. The van der Waals surface area contributed by atoms with Crippen LogP contribution in [0.3, 0.4) is 0 Å². The van der Waals surface area contributed by atoms with Gasteiger partial charge >= 0.3 is 5.97 Å². The number of aromatic nitrogens is 2. The summed E-state index contributed by atoms with van der Waals surface area (Å²) < 4.78 is 1.70. The first-order valence-electron chi connectivity index (χ1n) is 6.76. The molecule has 5 nitrogen and oxygen atoms in total. The average Bonchev–Trinajstić information content (AvgIpc) is 3.16. The standard InChI is InChI=1S/C14H16N2O3S2/c1-14(2,8-3-4-8)16-12(19)9-5-6-20-11(9)15-13(16)21-7-10(17)18/h5-6,8H,3-4,7H2,1-2H3,(H,17,18). The van der Waals surface area contributed by atoms with Crippen molar-refractivity contribution in [2.24, 2.45) is 5.92 Å². The van der Waals surface area contributed by atoms with Gasteiger partial charge in [0.25, 0.3) is 5.56 Å². The van der Waals surface area contributed by atoms with E-state index >= 15 is 0 Å². The molecule has 0 spiro atoms. The number of carboxylic acids is 1. The third-order valence-corrected chi connectivity index (χ3v) is 5.67. The molecule has 3 rings (SSSR count). The second kappa shape index (κ2) is 5.14. The topological polar surface area (TPSA) is 72.2 Å². The minimum atomic E-state index is -0.906. The van der Waals surface area contributed by atoms with Gasteiger partial charge in [-0.2, -0.15) is 0 Å². The van der Waals surface area contributed by atoms with Gasteiger partial charge < -0.3 is 5.11 Å². The Morgan fingerprint density at radius 2 is 2.29 bits per heavy atom. The highest BCUT2D eigenvalue weighted by molar-refractivity contribution is 7.99. The van der Waals surface area contributed by atoms with Gasteiger partial charge in [-0.05, 0) is 44.1 Å². The Labute approximate surface area is 130 Å². The van der Waals surface area contributed by atoms with Crippen LogP contribution in [0.2, 0.25) is 0 Å². The molecule has 112 valence electrons. The predicted molar refractivity (Wildman–Crippen MR) is 84.3 cm³/mol. The number of hydrogen-bond donors (Lipinski definition) is 1. The van der Waals surface area contributed by atoms with E-state index in [0.29, 0.717) is 21.3 Å². The monoisotopic (exact) mass is 324 g/mol. The fraction of sp³-hybridized carbons (Fsp3) is 0.500. The minimum Gasteiger partial charge on any atom is -0.481 e. The van der Waals surface area contributed by atoms with Crippen LogP contribution in [-0.4, -0.2) is 26.4 Å². The summed E-state index contributed by atoms with van der Waals surface area (Å²) in [4.78, 5) is 28.8. The van der Waals surface area contributed by atoms with Crippen molar-refractivity contribution in [3.05, 3.63) is 21.8 Å². The van der Waals surface area contributed by atoms with Crippen LogP contribution in [-0.2, 0) is 10.3 Å². The SMILES string of the molecule is CC(C)(C1CC1)n1c(SCC(=O)O)nc2sccc2c1=O. The second-order valence-corrected chi connectivity index (χ2v) is 7.62. The minimum absolute atomic E-state index is 0.0639. The summed E-state index contributed by atoms with van der Waals surface area (Å²) in [7, 11) is 0. The molecule has 1 fully saturated rings. The third kappa shape index (κ3) is 2.60. The fourth-order valence-corrected chi connectivity index (χ4v) is 4.27. The molecule has 0 saturated heterocycles. The number of nitrogens with zero attached hydrogens (tertiary/aromatic N) is 2. The highest BCUT2D eigenvalue weighted by atomic mass is 32.2. The van der Waals surface area contributed by atoms with Gasteiger partial charge in [0.05, 0.1) is 11.1 Å². The molecule has 0 atom stereocenters. The number of hydrogen-bond acceptors (Lipinski definition) is 5. The number of thiophene rings is 1. The van der Waals surface area contributed by atoms with E-state index in [-0.39, 0.29) is 16.9 Å². The maximum Gasteiger partial charge on any atom is 0.313 e. The largest absolute Gasteiger partial charge is 0.481 e. The Morgan fingerprint density at radius 3 is 2.90 bits per heavy atom. The van der Waals surface area contributed by atoms with Gasteiger partial charge in [0.2, 0.25) is 0 Å². The second-order valence-electron chi connectivity index (χ2n) is 5.78. The van der Waals surface area contributed by atoms with E-state index in [4.69, 9.17) is 5.11 Å². The predicted octanol–water partition coefficient (Wildman–Crippen LogP) is 2.78. The maximum absolute atomic E-state index is 12.8.